The van der Waals surface area contributed by atoms with Crippen LogP contribution in [0.5, 0.6) is 0 Å². The number of halogens is 1. The topological polar surface area (TPSA) is 72.4 Å². The van der Waals surface area contributed by atoms with E-state index < -0.39 is 0 Å². The van der Waals surface area contributed by atoms with Crippen molar-refractivity contribution in [3.8, 4) is 0 Å². The zero-order valence-electron chi connectivity index (χ0n) is 20.6. The molecule has 8 heteroatoms. The van der Waals surface area contributed by atoms with Crippen molar-refractivity contribution < 1.29 is 9.84 Å². The average Bonchev–Trinajstić information content (AvgIpc) is 2.81. The standard InChI is InChI=1S/C25H43N5O2.HI/c1-20(2)16-23(30-12-14-32-15-13-30)18-28-25(26-3)27-17-21-4-6-22(7-5-21)19-29-10-8-24(31)9-11-29;/h4-7,20,23-24,31H,8-19H2,1-3H3,(H2,26,27,28);1H. The monoisotopic (exact) mass is 573 g/mol. The molecule has 2 aliphatic rings. The van der Waals surface area contributed by atoms with Crippen molar-refractivity contribution in [1.82, 2.24) is 20.4 Å². The molecule has 3 N–H and O–H groups in total. The molecule has 1 aromatic rings. The highest BCUT2D eigenvalue weighted by Gasteiger charge is 2.22. The van der Waals surface area contributed by atoms with Gasteiger partial charge in [0.15, 0.2) is 5.96 Å². The number of piperidine rings is 1. The number of rotatable bonds is 9. The predicted molar refractivity (Wildman–Crippen MR) is 146 cm³/mol. The molecule has 0 spiro atoms. The molecule has 2 aliphatic heterocycles. The second-order valence-electron chi connectivity index (χ2n) is 9.56. The van der Waals surface area contributed by atoms with Gasteiger partial charge in [0.2, 0.25) is 0 Å². The van der Waals surface area contributed by atoms with Crippen molar-refractivity contribution in [2.75, 3.05) is 53.0 Å². The van der Waals surface area contributed by atoms with Gasteiger partial charge in [0.25, 0.3) is 0 Å². The van der Waals surface area contributed by atoms with Gasteiger partial charge in [-0.3, -0.25) is 14.8 Å². The third-order valence-corrected chi connectivity index (χ3v) is 6.48. The zero-order chi connectivity index (χ0) is 22.8. The van der Waals surface area contributed by atoms with Crippen LogP contribution in [0.4, 0.5) is 0 Å². The lowest BCUT2D eigenvalue weighted by atomic mass is 10.0. The summed E-state index contributed by atoms with van der Waals surface area (Å²) in [4.78, 5) is 9.40. The highest BCUT2D eigenvalue weighted by molar-refractivity contribution is 14.0. The molecule has 2 heterocycles. The molecule has 1 unspecified atom stereocenters. The first-order valence-corrected chi connectivity index (χ1v) is 12.3. The minimum atomic E-state index is -0.114. The number of aliphatic hydroxyl groups excluding tert-OH is 1. The van der Waals surface area contributed by atoms with Gasteiger partial charge in [0, 0.05) is 58.9 Å². The second kappa shape index (κ2) is 15.1. The van der Waals surface area contributed by atoms with Crippen LogP contribution in [0.2, 0.25) is 0 Å². The number of morpholine rings is 1. The summed E-state index contributed by atoms with van der Waals surface area (Å²) in [7, 11) is 1.83. The van der Waals surface area contributed by atoms with Crippen LogP contribution in [-0.4, -0.2) is 86.0 Å². The van der Waals surface area contributed by atoms with Gasteiger partial charge >= 0.3 is 0 Å². The Labute approximate surface area is 217 Å². The molecule has 0 aromatic heterocycles. The SMILES string of the molecule is CN=C(NCc1ccc(CN2CCC(O)CC2)cc1)NCC(CC(C)C)N1CCOCC1.I. The van der Waals surface area contributed by atoms with Gasteiger partial charge < -0.3 is 20.5 Å². The first kappa shape index (κ1) is 28.3. The van der Waals surface area contributed by atoms with Crippen LogP contribution in [0.25, 0.3) is 0 Å². The minimum Gasteiger partial charge on any atom is -0.393 e. The molecular weight excluding hydrogens is 529 g/mol. The fourth-order valence-corrected chi connectivity index (χ4v) is 4.57. The quantitative estimate of drug-likeness (QED) is 0.240. The minimum absolute atomic E-state index is 0. The number of ether oxygens (including phenoxy) is 1. The van der Waals surface area contributed by atoms with Crippen molar-refractivity contribution in [2.45, 2.75) is 58.3 Å². The summed E-state index contributed by atoms with van der Waals surface area (Å²) in [5, 5.41) is 16.7. The number of nitrogens with zero attached hydrogens (tertiary/aromatic N) is 3. The van der Waals surface area contributed by atoms with Crippen LogP contribution in [0.3, 0.4) is 0 Å². The van der Waals surface area contributed by atoms with Crippen LogP contribution in [-0.2, 0) is 17.8 Å². The third kappa shape index (κ3) is 10.1. The van der Waals surface area contributed by atoms with Gasteiger partial charge in [-0.15, -0.1) is 24.0 Å². The summed E-state index contributed by atoms with van der Waals surface area (Å²) in [5.41, 5.74) is 2.58. The van der Waals surface area contributed by atoms with E-state index in [9.17, 15) is 5.11 Å². The maximum Gasteiger partial charge on any atom is 0.191 e. The Bertz CT molecular complexity index is 687. The largest absolute Gasteiger partial charge is 0.393 e. The molecule has 0 aliphatic carbocycles. The summed E-state index contributed by atoms with van der Waals surface area (Å²) in [5.74, 6) is 1.51. The number of hydrogen-bond donors (Lipinski definition) is 3. The first-order chi connectivity index (χ1) is 15.5. The Morgan fingerprint density at radius 1 is 1.06 bits per heavy atom. The molecular formula is C25H44IN5O2. The van der Waals surface area contributed by atoms with E-state index in [2.05, 4.69) is 63.5 Å². The van der Waals surface area contributed by atoms with Gasteiger partial charge in [0.05, 0.1) is 19.3 Å². The Kier molecular flexibility index (Phi) is 13.0. The highest BCUT2D eigenvalue weighted by atomic mass is 127. The van der Waals surface area contributed by atoms with E-state index in [0.717, 1.165) is 77.8 Å². The Morgan fingerprint density at radius 3 is 2.30 bits per heavy atom. The van der Waals surface area contributed by atoms with Crippen molar-refractivity contribution in [1.29, 1.82) is 0 Å². The van der Waals surface area contributed by atoms with Gasteiger partial charge in [-0.1, -0.05) is 38.1 Å². The average molecular weight is 574 g/mol. The van der Waals surface area contributed by atoms with Crippen LogP contribution in [0.1, 0.15) is 44.2 Å². The summed E-state index contributed by atoms with van der Waals surface area (Å²) < 4.78 is 5.53. The molecule has 33 heavy (non-hydrogen) atoms. The van der Waals surface area contributed by atoms with Crippen molar-refractivity contribution in [3.05, 3.63) is 35.4 Å². The van der Waals surface area contributed by atoms with Gasteiger partial charge in [-0.2, -0.15) is 0 Å². The Hall–Kier alpha value is -0.940. The van der Waals surface area contributed by atoms with E-state index in [0.29, 0.717) is 12.0 Å². The summed E-state index contributed by atoms with van der Waals surface area (Å²) in [6.45, 7) is 12.8. The molecule has 0 amide bonds. The number of hydrogen-bond acceptors (Lipinski definition) is 5. The van der Waals surface area contributed by atoms with Crippen LogP contribution in [0, 0.1) is 5.92 Å². The second-order valence-corrected chi connectivity index (χ2v) is 9.56. The van der Waals surface area contributed by atoms with Crippen molar-refractivity contribution in [2.24, 2.45) is 10.9 Å². The molecule has 2 fully saturated rings. The number of benzene rings is 1. The van der Waals surface area contributed by atoms with Crippen LogP contribution < -0.4 is 10.6 Å². The molecule has 7 nitrogen and oxygen atoms in total. The lowest BCUT2D eigenvalue weighted by molar-refractivity contribution is 0.0132. The molecule has 3 rings (SSSR count). The van der Waals surface area contributed by atoms with Crippen molar-refractivity contribution in [3.63, 3.8) is 0 Å². The van der Waals surface area contributed by atoms with E-state index in [1.165, 1.54) is 17.5 Å². The van der Waals surface area contributed by atoms with Crippen LogP contribution in [0.15, 0.2) is 29.3 Å². The molecule has 1 atom stereocenters. The number of aliphatic imine (C=N–C) groups is 1. The lowest BCUT2D eigenvalue weighted by Crippen LogP contribution is -2.50. The number of guanidine groups is 1. The van der Waals surface area contributed by atoms with E-state index in [1.54, 1.807) is 0 Å². The van der Waals surface area contributed by atoms with Gasteiger partial charge in [-0.05, 0) is 36.3 Å². The fraction of sp³-hybridized carbons (Fsp3) is 0.720. The van der Waals surface area contributed by atoms with E-state index in [4.69, 9.17) is 4.74 Å². The first-order valence-electron chi connectivity index (χ1n) is 12.3. The highest BCUT2D eigenvalue weighted by Crippen LogP contribution is 2.15. The molecule has 188 valence electrons. The van der Waals surface area contributed by atoms with E-state index >= 15 is 0 Å². The normalized spacial score (nSPS) is 19.8. The van der Waals surface area contributed by atoms with Crippen molar-refractivity contribution >= 4 is 29.9 Å². The Balaban J connectivity index is 0.00000385. The third-order valence-electron chi connectivity index (χ3n) is 6.48. The van der Waals surface area contributed by atoms with Gasteiger partial charge in [-0.25, -0.2) is 0 Å². The Morgan fingerprint density at radius 2 is 1.70 bits per heavy atom. The maximum atomic E-state index is 9.67. The molecule has 0 saturated carbocycles. The number of likely N-dealkylation sites (tertiary alicyclic amines) is 1. The zero-order valence-corrected chi connectivity index (χ0v) is 23.0. The molecule has 1 aromatic carbocycles. The smallest absolute Gasteiger partial charge is 0.191 e. The number of nitrogens with one attached hydrogen (secondary N) is 2. The van der Waals surface area contributed by atoms with Gasteiger partial charge in [0.1, 0.15) is 0 Å². The summed E-state index contributed by atoms with van der Waals surface area (Å²) in [6, 6.07) is 9.32. The lowest BCUT2D eigenvalue weighted by Gasteiger charge is -2.35. The van der Waals surface area contributed by atoms with E-state index in [-0.39, 0.29) is 30.1 Å². The molecule has 0 radical (unpaired) electrons. The van der Waals surface area contributed by atoms with Crippen LogP contribution >= 0.6 is 24.0 Å². The fourth-order valence-electron chi connectivity index (χ4n) is 4.57. The van der Waals surface area contributed by atoms with E-state index in [1.807, 2.05) is 7.05 Å². The molecule has 0 bridgehead atoms. The number of aliphatic hydroxyl groups is 1. The summed E-state index contributed by atoms with van der Waals surface area (Å²) in [6.07, 6.45) is 2.83. The predicted octanol–water partition coefficient (Wildman–Crippen LogP) is 2.67. The molecule has 2 saturated heterocycles. The summed E-state index contributed by atoms with van der Waals surface area (Å²) >= 11 is 0. The maximum absolute atomic E-state index is 9.67.